The smallest absolute Gasteiger partial charge is 0.242 e. The fourth-order valence-corrected chi connectivity index (χ4v) is 3.57. The van der Waals surface area contributed by atoms with Gasteiger partial charge >= 0.3 is 0 Å². The Kier molecular flexibility index (Phi) is 5.12. The molecular formula is C14H23N3O2S. The number of sulfonamides is 1. The van der Waals surface area contributed by atoms with Gasteiger partial charge in [0.2, 0.25) is 10.0 Å². The maximum absolute atomic E-state index is 12.1. The SMILES string of the molecule is CC(C)N1CCC(CNS(=O)(=O)c2cccnc2)CC1. The second-order valence-corrected chi connectivity index (χ2v) is 7.38. The van der Waals surface area contributed by atoms with Crippen LogP contribution in [0.1, 0.15) is 26.7 Å². The van der Waals surface area contributed by atoms with Crippen molar-refractivity contribution in [3.05, 3.63) is 24.5 Å². The van der Waals surface area contributed by atoms with Gasteiger partial charge in [-0.25, -0.2) is 13.1 Å². The summed E-state index contributed by atoms with van der Waals surface area (Å²) in [5.41, 5.74) is 0. The van der Waals surface area contributed by atoms with Gasteiger partial charge in [0.15, 0.2) is 0 Å². The Morgan fingerprint density at radius 1 is 1.40 bits per heavy atom. The lowest BCUT2D eigenvalue weighted by molar-refractivity contribution is 0.151. The minimum Gasteiger partial charge on any atom is -0.301 e. The average molecular weight is 297 g/mol. The molecule has 2 rings (SSSR count). The standard InChI is InChI=1S/C14H23N3O2S/c1-12(2)17-8-5-13(6-9-17)10-16-20(18,19)14-4-3-7-15-11-14/h3-4,7,11-13,16H,5-6,8-10H2,1-2H3. The lowest BCUT2D eigenvalue weighted by atomic mass is 9.96. The van der Waals surface area contributed by atoms with Crippen LogP contribution in [0.4, 0.5) is 0 Å². The van der Waals surface area contributed by atoms with Crippen LogP contribution in [0.25, 0.3) is 0 Å². The minimum absolute atomic E-state index is 0.236. The molecule has 0 bridgehead atoms. The van der Waals surface area contributed by atoms with E-state index in [1.165, 1.54) is 6.20 Å². The van der Waals surface area contributed by atoms with Gasteiger partial charge in [-0.05, 0) is 57.8 Å². The summed E-state index contributed by atoms with van der Waals surface area (Å²) < 4.78 is 26.9. The summed E-state index contributed by atoms with van der Waals surface area (Å²) in [7, 11) is -3.42. The largest absolute Gasteiger partial charge is 0.301 e. The highest BCUT2D eigenvalue weighted by Crippen LogP contribution is 2.18. The van der Waals surface area contributed by atoms with Gasteiger partial charge in [-0.2, -0.15) is 0 Å². The van der Waals surface area contributed by atoms with E-state index in [0.717, 1.165) is 25.9 Å². The fourth-order valence-electron chi connectivity index (χ4n) is 2.49. The average Bonchev–Trinajstić information content (AvgIpc) is 2.46. The van der Waals surface area contributed by atoms with Gasteiger partial charge < -0.3 is 4.90 Å². The molecule has 2 heterocycles. The molecule has 0 saturated carbocycles. The molecule has 1 aliphatic rings. The number of nitrogens with zero attached hydrogens (tertiary/aromatic N) is 2. The summed E-state index contributed by atoms with van der Waals surface area (Å²) in [5, 5.41) is 0. The van der Waals surface area contributed by atoms with Gasteiger partial charge in [0, 0.05) is 25.0 Å². The van der Waals surface area contributed by atoms with Gasteiger partial charge in [0.25, 0.3) is 0 Å². The van der Waals surface area contributed by atoms with E-state index >= 15 is 0 Å². The third-order valence-corrected chi connectivity index (χ3v) is 5.29. The summed E-state index contributed by atoms with van der Waals surface area (Å²) in [6.07, 6.45) is 5.05. The Hall–Kier alpha value is -0.980. The molecule has 1 aromatic heterocycles. The minimum atomic E-state index is -3.42. The van der Waals surface area contributed by atoms with Crippen LogP contribution in [0.2, 0.25) is 0 Å². The van der Waals surface area contributed by atoms with Crippen molar-refractivity contribution in [3.63, 3.8) is 0 Å². The molecule has 20 heavy (non-hydrogen) atoms. The summed E-state index contributed by atoms with van der Waals surface area (Å²) in [6.45, 7) is 7.02. The third-order valence-electron chi connectivity index (χ3n) is 3.89. The lowest BCUT2D eigenvalue weighted by Crippen LogP contribution is -2.41. The topological polar surface area (TPSA) is 62.3 Å². The van der Waals surface area contributed by atoms with E-state index in [1.807, 2.05) is 0 Å². The summed E-state index contributed by atoms with van der Waals surface area (Å²) in [6, 6.07) is 3.77. The molecule has 0 atom stereocenters. The second-order valence-electron chi connectivity index (χ2n) is 5.61. The highest BCUT2D eigenvalue weighted by molar-refractivity contribution is 7.89. The predicted molar refractivity (Wildman–Crippen MR) is 78.9 cm³/mol. The number of hydrogen-bond donors (Lipinski definition) is 1. The molecule has 5 nitrogen and oxygen atoms in total. The van der Waals surface area contributed by atoms with Gasteiger partial charge in [-0.1, -0.05) is 0 Å². The zero-order valence-electron chi connectivity index (χ0n) is 12.1. The predicted octanol–water partition coefficient (Wildman–Crippen LogP) is 1.48. The van der Waals surface area contributed by atoms with Gasteiger partial charge in [0.05, 0.1) is 0 Å². The monoisotopic (exact) mass is 297 g/mol. The Morgan fingerprint density at radius 2 is 2.10 bits per heavy atom. The normalized spacial score (nSPS) is 18.6. The Morgan fingerprint density at radius 3 is 2.65 bits per heavy atom. The van der Waals surface area contributed by atoms with Crippen LogP contribution in [0, 0.1) is 5.92 Å². The molecule has 0 aromatic carbocycles. The summed E-state index contributed by atoms with van der Waals surface area (Å²) in [4.78, 5) is 6.52. The first kappa shape index (κ1) is 15.4. The number of hydrogen-bond acceptors (Lipinski definition) is 4. The van der Waals surface area contributed by atoms with Crippen molar-refractivity contribution >= 4 is 10.0 Å². The summed E-state index contributed by atoms with van der Waals surface area (Å²) >= 11 is 0. The third kappa shape index (κ3) is 4.01. The van der Waals surface area contributed by atoms with E-state index < -0.39 is 10.0 Å². The van der Waals surface area contributed by atoms with E-state index in [2.05, 4.69) is 28.5 Å². The highest BCUT2D eigenvalue weighted by atomic mass is 32.2. The van der Waals surface area contributed by atoms with E-state index in [-0.39, 0.29) is 4.90 Å². The Bertz CT molecular complexity index is 508. The number of rotatable bonds is 5. The quantitative estimate of drug-likeness (QED) is 0.894. The van der Waals surface area contributed by atoms with Crippen molar-refractivity contribution in [1.82, 2.24) is 14.6 Å². The molecule has 1 N–H and O–H groups in total. The first-order valence-electron chi connectivity index (χ1n) is 7.13. The molecule has 1 aliphatic heterocycles. The van der Waals surface area contributed by atoms with Gasteiger partial charge in [-0.3, -0.25) is 4.98 Å². The Labute approximate surface area is 121 Å². The van der Waals surface area contributed by atoms with Crippen molar-refractivity contribution in [2.75, 3.05) is 19.6 Å². The van der Waals surface area contributed by atoms with Crippen LogP contribution in [0.3, 0.4) is 0 Å². The molecule has 0 amide bonds. The van der Waals surface area contributed by atoms with Gasteiger partial charge in [-0.15, -0.1) is 0 Å². The van der Waals surface area contributed by atoms with Crippen LogP contribution < -0.4 is 4.72 Å². The number of likely N-dealkylation sites (tertiary alicyclic amines) is 1. The van der Waals surface area contributed by atoms with Crippen molar-refractivity contribution < 1.29 is 8.42 Å². The van der Waals surface area contributed by atoms with Crippen LogP contribution >= 0.6 is 0 Å². The molecule has 6 heteroatoms. The number of piperidine rings is 1. The van der Waals surface area contributed by atoms with Crippen molar-refractivity contribution in [1.29, 1.82) is 0 Å². The number of nitrogens with one attached hydrogen (secondary N) is 1. The molecule has 0 unspecified atom stereocenters. The molecule has 0 spiro atoms. The van der Waals surface area contributed by atoms with Crippen LogP contribution in [-0.4, -0.2) is 44.0 Å². The zero-order chi connectivity index (χ0) is 14.6. The Balaban J connectivity index is 1.85. The number of aromatic nitrogens is 1. The van der Waals surface area contributed by atoms with E-state index in [1.54, 1.807) is 18.3 Å². The van der Waals surface area contributed by atoms with Crippen LogP contribution in [-0.2, 0) is 10.0 Å². The van der Waals surface area contributed by atoms with Crippen molar-refractivity contribution in [3.8, 4) is 0 Å². The first-order valence-corrected chi connectivity index (χ1v) is 8.61. The first-order chi connectivity index (χ1) is 9.49. The van der Waals surface area contributed by atoms with Crippen molar-refractivity contribution in [2.24, 2.45) is 5.92 Å². The maximum Gasteiger partial charge on any atom is 0.242 e. The van der Waals surface area contributed by atoms with Crippen LogP contribution in [0.5, 0.6) is 0 Å². The van der Waals surface area contributed by atoms with Crippen molar-refractivity contribution in [2.45, 2.75) is 37.6 Å². The fraction of sp³-hybridized carbons (Fsp3) is 0.643. The molecule has 112 valence electrons. The molecule has 1 fully saturated rings. The molecule has 1 saturated heterocycles. The lowest BCUT2D eigenvalue weighted by Gasteiger charge is -2.34. The second kappa shape index (κ2) is 6.65. The maximum atomic E-state index is 12.1. The van der Waals surface area contributed by atoms with E-state index in [4.69, 9.17) is 0 Å². The van der Waals surface area contributed by atoms with Crippen LogP contribution in [0.15, 0.2) is 29.4 Å². The van der Waals surface area contributed by atoms with E-state index in [9.17, 15) is 8.42 Å². The van der Waals surface area contributed by atoms with E-state index in [0.29, 0.717) is 18.5 Å². The molecule has 0 aliphatic carbocycles. The molecule has 1 aromatic rings. The highest BCUT2D eigenvalue weighted by Gasteiger charge is 2.22. The number of pyridine rings is 1. The van der Waals surface area contributed by atoms with Gasteiger partial charge in [0.1, 0.15) is 4.90 Å². The summed E-state index contributed by atoms with van der Waals surface area (Å²) in [5.74, 6) is 0.427. The molecular weight excluding hydrogens is 274 g/mol. The molecule has 0 radical (unpaired) electrons. The zero-order valence-corrected chi connectivity index (χ0v) is 12.9.